The Labute approximate surface area is 173 Å². The van der Waals surface area contributed by atoms with Gasteiger partial charge in [-0.15, -0.1) is 0 Å². The Hall–Kier alpha value is -2.54. The molecule has 1 amide bonds. The Kier molecular flexibility index (Phi) is 7.30. The van der Waals surface area contributed by atoms with E-state index in [2.05, 4.69) is 5.32 Å². The van der Waals surface area contributed by atoms with Crippen LogP contribution in [-0.4, -0.2) is 39.8 Å². The predicted molar refractivity (Wildman–Crippen MR) is 117 cm³/mol. The third kappa shape index (κ3) is 6.22. The van der Waals surface area contributed by atoms with E-state index in [4.69, 9.17) is 4.74 Å². The summed E-state index contributed by atoms with van der Waals surface area (Å²) in [5.74, 6) is 0.382. The van der Waals surface area contributed by atoms with Gasteiger partial charge in [-0.1, -0.05) is 35.9 Å². The van der Waals surface area contributed by atoms with Gasteiger partial charge >= 0.3 is 0 Å². The molecule has 0 aromatic heterocycles. The minimum atomic E-state index is -3.63. The highest BCUT2D eigenvalue weighted by Crippen LogP contribution is 2.28. The summed E-state index contributed by atoms with van der Waals surface area (Å²) < 4.78 is 31.8. The number of anilines is 1. The lowest BCUT2D eigenvalue weighted by molar-refractivity contribution is -0.120. The largest absolute Gasteiger partial charge is 0.491 e. The van der Waals surface area contributed by atoms with Crippen molar-refractivity contribution in [3.05, 3.63) is 58.7 Å². The summed E-state index contributed by atoms with van der Waals surface area (Å²) in [5, 5.41) is 2.82. The molecule has 29 heavy (non-hydrogen) atoms. The van der Waals surface area contributed by atoms with Crippen LogP contribution in [0.3, 0.4) is 0 Å². The zero-order chi connectivity index (χ0) is 21.8. The molecule has 2 aromatic carbocycles. The van der Waals surface area contributed by atoms with Gasteiger partial charge in [-0.2, -0.15) is 0 Å². The van der Waals surface area contributed by atoms with E-state index < -0.39 is 10.0 Å². The molecule has 0 aliphatic carbocycles. The molecule has 0 heterocycles. The zero-order valence-electron chi connectivity index (χ0n) is 17.9. The van der Waals surface area contributed by atoms with Crippen LogP contribution in [0.5, 0.6) is 5.75 Å². The topological polar surface area (TPSA) is 75.7 Å². The Bertz CT molecular complexity index is 963. The number of hydrogen-bond acceptors (Lipinski definition) is 4. The third-order valence-electron chi connectivity index (χ3n) is 4.56. The van der Waals surface area contributed by atoms with Gasteiger partial charge in [0.25, 0.3) is 0 Å². The molecule has 2 rings (SSSR count). The maximum absolute atomic E-state index is 12.6. The highest BCUT2D eigenvalue weighted by Gasteiger charge is 2.24. The van der Waals surface area contributed by atoms with Crippen molar-refractivity contribution in [1.29, 1.82) is 0 Å². The molecule has 6 nitrogen and oxygen atoms in total. The number of ether oxygens (including phenoxy) is 1. The van der Waals surface area contributed by atoms with Gasteiger partial charge in [-0.3, -0.25) is 9.10 Å². The van der Waals surface area contributed by atoms with Gasteiger partial charge in [0.15, 0.2) is 0 Å². The van der Waals surface area contributed by atoms with Crippen molar-refractivity contribution >= 4 is 21.6 Å². The van der Waals surface area contributed by atoms with E-state index in [-0.39, 0.29) is 25.1 Å². The second-order valence-corrected chi connectivity index (χ2v) is 9.47. The molecule has 7 heteroatoms. The monoisotopic (exact) mass is 418 g/mol. The molecule has 2 aromatic rings. The Morgan fingerprint density at radius 3 is 2.21 bits per heavy atom. The Balaban J connectivity index is 2.08. The number of benzene rings is 2. The first-order valence-electron chi connectivity index (χ1n) is 9.52. The summed E-state index contributed by atoms with van der Waals surface area (Å²) in [5.41, 5.74) is 4.24. The molecular formula is C22H30N2O4S. The van der Waals surface area contributed by atoms with Gasteiger partial charge in [-0.25, -0.2) is 8.42 Å². The highest BCUT2D eigenvalue weighted by molar-refractivity contribution is 7.92. The molecule has 0 saturated heterocycles. The SMILES string of the molecule is Cc1cc(C)c(N(CC(=O)NC(C)COc2ccccc2C)S(C)(=O)=O)c(C)c1. The second kappa shape index (κ2) is 9.31. The van der Waals surface area contributed by atoms with Gasteiger partial charge in [-0.05, 0) is 57.4 Å². The van der Waals surface area contributed by atoms with E-state index >= 15 is 0 Å². The van der Waals surface area contributed by atoms with E-state index in [1.807, 2.05) is 71.0 Å². The van der Waals surface area contributed by atoms with Crippen LogP contribution in [0.2, 0.25) is 0 Å². The van der Waals surface area contributed by atoms with Crippen molar-refractivity contribution in [2.45, 2.75) is 40.7 Å². The first-order valence-corrected chi connectivity index (χ1v) is 11.4. The number of aryl methyl sites for hydroxylation is 4. The molecule has 1 N–H and O–H groups in total. The van der Waals surface area contributed by atoms with Crippen molar-refractivity contribution in [2.24, 2.45) is 0 Å². The molecule has 1 unspecified atom stereocenters. The summed E-state index contributed by atoms with van der Waals surface area (Å²) in [6, 6.07) is 11.2. The van der Waals surface area contributed by atoms with Gasteiger partial charge in [0.05, 0.1) is 18.0 Å². The van der Waals surface area contributed by atoms with Crippen LogP contribution in [0, 0.1) is 27.7 Å². The number of para-hydroxylation sites is 1. The summed E-state index contributed by atoms with van der Waals surface area (Å²) >= 11 is 0. The number of rotatable bonds is 8. The molecule has 0 aliphatic heterocycles. The number of hydrogen-bond donors (Lipinski definition) is 1. The molecule has 0 saturated carbocycles. The van der Waals surface area contributed by atoms with Crippen LogP contribution < -0.4 is 14.4 Å². The standard InChI is InChI=1S/C22H30N2O4S/c1-15-11-17(3)22(18(4)12-15)24(29(6,26)27)13-21(25)23-19(5)14-28-20-10-8-7-9-16(20)2/h7-12,19H,13-14H2,1-6H3,(H,23,25). The first kappa shape index (κ1) is 22.7. The van der Waals surface area contributed by atoms with Gasteiger partial charge in [0.2, 0.25) is 15.9 Å². The van der Waals surface area contributed by atoms with Crippen LogP contribution in [0.15, 0.2) is 36.4 Å². The lowest BCUT2D eigenvalue weighted by Crippen LogP contribution is -2.45. The van der Waals surface area contributed by atoms with Gasteiger partial charge in [0.1, 0.15) is 18.9 Å². The van der Waals surface area contributed by atoms with E-state index in [0.29, 0.717) is 5.69 Å². The highest BCUT2D eigenvalue weighted by atomic mass is 32.2. The summed E-state index contributed by atoms with van der Waals surface area (Å²) in [4.78, 5) is 12.6. The lowest BCUT2D eigenvalue weighted by atomic mass is 10.1. The minimum absolute atomic E-state index is 0.274. The maximum atomic E-state index is 12.6. The zero-order valence-corrected chi connectivity index (χ0v) is 18.8. The van der Waals surface area contributed by atoms with Crippen molar-refractivity contribution < 1.29 is 17.9 Å². The Morgan fingerprint density at radius 2 is 1.66 bits per heavy atom. The molecule has 0 spiro atoms. The Morgan fingerprint density at radius 1 is 1.07 bits per heavy atom. The van der Waals surface area contributed by atoms with Crippen LogP contribution in [0.1, 0.15) is 29.2 Å². The molecule has 0 fully saturated rings. The van der Waals surface area contributed by atoms with Crippen molar-refractivity contribution in [3.63, 3.8) is 0 Å². The summed E-state index contributed by atoms with van der Waals surface area (Å²) in [7, 11) is -3.63. The molecular weight excluding hydrogens is 388 g/mol. The van der Waals surface area contributed by atoms with Crippen molar-refractivity contribution in [1.82, 2.24) is 5.32 Å². The van der Waals surface area contributed by atoms with Crippen LogP contribution in [-0.2, 0) is 14.8 Å². The van der Waals surface area contributed by atoms with E-state index in [0.717, 1.165) is 34.3 Å². The molecule has 1 atom stereocenters. The second-order valence-electron chi connectivity index (χ2n) is 7.56. The number of sulfonamides is 1. The molecule has 0 aliphatic rings. The van der Waals surface area contributed by atoms with Crippen LogP contribution in [0.25, 0.3) is 0 Å². The van der Waals surface area contributed by atoms with Crippen molar-refractivity contribution in [3.8, 4) is 5.75 Å². The van der Waals surface area contributed by atoms with Gasteiger partial charge < -0.3 is 10.1 Å². The fourth-order valence-electron chi connectivity index (χ4n) is 3.35. The smallest absolute Gasteiger partial charge is 0.241 e. The normalized spacial score (nSPS) is 12.3. The quantitative estimate of drug-likeness (QED) is 0.714. The van der Waals surface area contributed by atoms with E-state index in [1.165, 1.54) is 4.31 Å². The molecule has 158 valence electrons. The number of carbonyl (C=O) groups is 1. The van der Waals surface area contributed by atoms with Crippen LogP contribution >= 0.6 is 0 Å². The third-order valence-corrected chi connectivity index (χ3v) is 5.67. The number of carbonyl (C=O) groups excluding carboxylic acids is 1. The summed E-state index contributed by atoms with van der Waals surface area (Å²) in [6.07, 6.45) is 1.11. The van der Waals surface area contributed by atoms with E-state index in [1.54, 1.807) is 0 Å². The first-order chi connectivity index (χ1) is 13.5. The summed E-state index contributed by atoms with van der Waals surface area (Å²) in [6.45, 7) is 9.44. The van der Waals surface area contributed by atoms with Crippen molar-refractivity contribution in [2.75, 3.05) is 23.7 Å². The average molecular weight is 419 g/mol. The number of nitrogens with zero attached hydrogens (tertiary/aromatic N) is 1. The number of nitrogens with one attached hydrogen (secondary N) is 1. The molecule has 0 radical (unpaired) electrons. The lowest BCUT2D eigenvalue weighted by Gasteiger charge is -2.26. The fraction of sp³-hybridized carbons (Fsp3) is 0.409. The van der Waals surface area contributed by atoms with Gasteiger partial charge in [0, 0.05) is 0 Å². The number of amides is 1. The average Bonchev–Trinajstić information content (AvgIpc) is 2.58. The minimum Gasteiger partial charge on any atom is -0.491 e. The van der Waals surface area contributed by atoms with Crippen LogP contribution in [0.4, 0.5) is 5.69 Å². The van der Waals surface area contributed by atoms with E-state index in [9.17, 15) is 13.2 Å². The fourth-order valence-corrected chi connectivity index (χ4v) is 4.33. The molecule has 0 bridgehead atoms. The predicted octanol–water partition coefficient (Wildman–Crippen LogP) is 3.27. The maximum Gasteiger partial charge on any atom is 0.241 e.